The predicted molar refractivity (Wildman–Crippen MR) is 75.4 cm³/mol. The number of nitrogens with zero attached hydrogens (tertiary/aromatic N) is 2. The summed E-state index contributed by atoms with van der Waals surface area (Å²) < 4.78 is 0. The van der Waals surface area contributed by atoms with Crippen molar-refractivity contribution in [1.82, 2.24) is 4.98 Å². The Hall–Kier alpha value is -1.42. The lowest BCUT2D eigenvalue weighted by Gasteiger charge is -2.34. The zero-order chi connectivity index (χ0) is 14.0. The van der Waals surface area contributed by atoms with E-state index in [0.717, 1.165) is 19.3 Å². The standard InChI is InChI=1S/C14H17ClN2O2/c1-14(2,10-6-4-3-5-7-10)11-8-9-16-13(15)12(11)17(18)19/h4,6,8-10H,3,5,7H2,1-2H3. The summed E-state index contributed by atoms with van der Waals surface area (Å²) in [6, 6.07) is 1.71. The van der Waals surface area contributed by atoms with Gasteiger partial charge in [-0.3, -0.25) is 10.1 Å². The number of aromatic nitrogens is 1. The number of halogens is 1. The van der Waals surface area contributed by atoms with E-state index in [1.807, 2.05) is 13.8 Å². The highest BCUT2D eigenvalue weighted by Crippen LogP contribution is 2.43. The molecule has 1 atom stereocenters. The van der Waals surface area contributed by atoms with Crippen molar-refractivity contribution in [3.63, 3.8) is 0 Å². The molecule has 1 heterocycles. The molecule has 0 amide bonds. The van der Waals surface area contributed by atoms with Gasteiger partial charge in [-0.15, -0.1) is 0 Å². The summed E-state index contributed by atoms with van der Waals surface area (Å²) in [6.45, 7) is 4.07. The number of hydrogen-bond acceptors (Lipinski definition) is 3. The Labute approximate surface area is 117 Å². The third-order valence-electron chi connectivity index (χ3n) is 3.94. The first-order valence-corrected chi connectivity index (χ1v) is 6.78. The highest BCUT2D eigenvalue weighted by Gasteiger charge is 2.37. The summed E-state index contributed by atoms with van der Waals surface area (Å²) in [5.41, 5.74) is 0.272. The van der Waals surface area contributed by atoms with Crippen molar-refractivity contribution in [1.29, 1.82) is 0 Å². The molecular formula is C14H17ClN2O2. The van der Waals surface area contributed by atoms with Crippen LogP contribution < -0.4 is 0 Å². The molecule has 0 aromatic carbocycles. The van der Waals surface area contributed by atoms with E-state index in [4.69, 9.17) is 11.6 Å². The van der Waals surface area contributed by atoms with Crippen molar-refractivity contribution < 1.29 is 4.92 Å². The Morgan fingerprint density at radius 1 is 1.53 bits per heavy atom. The van der Waals surface area contributed by atoms with Crippen molar-refractivity contribution in [3.8, 4) is 0 Å². The minimum Gasteiger partial charge on any atom is -0.258 e. The number of pyridine rings is 1. The molecule has 5 heteroatoms. The Morgan fingerprint density at radius 2 is 2.26 bits per heavy atom. The molecule has 0 saturated heterocycles. The van der Waals surface area contributed by atoms with E-state index < -0.39 is 4.92 Å². The van der Waals surface area contributed by atoms with Crippen LogP contribution in [0.4, 0.5) is 5.69 Å². The fourth-order valence-corrected chi connectivity index (χ4v) is 2.96. The van der Waals surface area contributed by atoms with Gasteiger partial charge in [0.1, 0.15) is 0 Å². The van der Waals surface area contributed by atoms with E-state index in [1.165, 1.54) is 0 Å². The maximum atomic E-state index is 11.2. The summed E-state index contributed by atoms with van der Waals surface area (Å²) >= 11 is 5.90. The molecule has 0 N–H and O–H groups in total. The average Bonchev–Trinajstić information content (AvgIpc) is 2.39. The molecule has 19 heavy (non-hydrogen) atoms. The first-order chi connectivity index (χ1) is 8.94. The quantitative estimate of drug-likeness (QED) is 0.359. The minimum absolute atomic E-state index is 0.0321. The third kappa shape index (κ3) is 2.63. The Balaban J connectivity index is 2.50. The predicted octanol–water partition coefficient (Wildman–Crippen LogP) is 4.28. The second kappa shape index (κ2) is 5.29. The molecule has 0 aliphatic heterocycles. The molecule has 1 aromatic heterocycles. The highest BCUT2D eigenvalue weighted by molar-refractivity contribution is 6.31. The maximum Gasteiger partial charge on any atom is 0.310 e. The topological polar surface area (TPSA) is 56.0 Å². The molecule has 0 saturated carbocycles. The summed E-state index contributed by atoms with van der Waals surface area (Å²) in [6.07, 6.45) is 9.12. The average molecular weight is 281 g/mol. The van der Waals surface area contributed by atoms with Gasteiger partial charge in [-0.05, 0) is 31.2 Å². The molecule has 1 aromatic rings. The highest BCUT2D eigenvalue weighted by atomic mass is 35.5. The smallest absolute Gasteiger partial charge is 0.258 e. The summed E-state index contributed by atoms with van der Waals surface area (Å²) in [5, 5.41) is 11.2. The maximum absolute atomic E-state index is 11.2. The van der Waals surface area contributed by atoms with Crippen molar-refractivity contribution in [2.24, 2.45) is 5.92 Å². The van der Waals surface area contributed by atoms with E-state index in [1.54, 1.807) is 12.3 Å². The second-order valence-electron chi connectivity index (χ2n) is 5.44. The van der Waals surface area contributed by atoms with Crippen LogP contribution in [0.25, 0.3) is 0 Å². The second-order valence-corrected chi connectivity index (χ2v) is 5.80. The lowest BCUT2D eigenvalue weighted by Crippen LogP contribution is -2.29. The zero-order valence-corrected chi connectivity index (χ0v) is 11.9. The van der Waals surface area contributed by atoms with Gasteiger partial charge in [0, 0.05) is 17.2 Å². The fourth-order valence-electron chi connectivity index (χ4n) is 2.74. The molecule has 0 radical (unpaired) electrons. The van der Waals surface area contributed by atoms with Gasteiger partial charge in [-0.1, -0.05) is 37.6 Å². The molecular weight excluding hydrogens is 264 g/mol. The van der Waals surface area contributed by atoms with Crippen LogP contribution in [0.2, 0.25) is 5.15 Å². The number of nitro groups is 1. The molecule has 1 aliphatic carbocycles. The number of rotatable bonds is 3. The van der Waals surface area contributed by atoms with Crippen LogP contribution in [0.3, 0.4) is 0 Å². The molecule has 1 aliphatic rings. The van der Waals surface area contributed by atoms with E-state index in [0.29, 0.717) is 11.5 Å². The lowest BCUT2D eigenvalue weighted by atomic mass is 9.69. The molecule has 0 spiro atoms. The molecule has 0 fully saturated rings. The Kier molecular flexibility index (Phi) is 3.90. The summed E-state index contributed by atoms with van der Waals surface area (Å²) in [4.78, 5) is 14.6. The molecule has 1 unspecified atom stereocenters. The molecule has 0 bridgehead atoms. The van der Waals surface area contributed by atoms with Crippen LogP contribution in [0.5, 0.6) is 0 Å². The van der Waals surface area contributed by atoms with Gasteiger partial charge in [-0.25, -0.2) is 4.98 Å². The van der Waals surface area contributed by atoms with Crippen LogP contribution in [0, 0.1) is 16.0 Å². The Morgan fingerprint density at radius 3 is 2.84 bits per heavy atom. The number of allylic oxidation sites excluding steroid dienone is 2. The van der Waals surface area contributed by atoms with Gasteiger partial charge >= 0.3 is 5.69 Å². The van der Waals surface area contributed by atoms with Crippen molar-refractivity contribution in [2.45, 2.75) is 38.5 Å². The van der Waals surface area contributed by atoms with E-state index >= 15 is 0 Å². The first-order valence-electron chi connectivity index (χ1n) is 6.40. The van der Waals surface area contributed by atoms with Crippen LogP contribution in [0.1, 0.15) is 38.7 Å². The summed E-state index contributed by atoms with van der Waals surface area (Å²) in [5.74, 6) is 0.290. The van der Waals surface area contributed by atoms with E-state index in [2.05, 4.69) is 17.1 Å². The largest absolute Gasteiger partial charge is 0.310 e. The lowest BCUT2D eigenvalue weighted by molar-refractivity contribution is -0.386. The Bertz CT molecular complexity index is 526. The van der Waals surface area contributed by atoms with Crippen molar-refractivity contribution >= 4 is 17.3 Å². The van der Waals surface area contributed by atoms with Gasteiger partial charge in [0.25, 0.3) is 0 Å². The molecule has 102 valence electrons. The minimum atomic E-state index is -0.432. The number of hydrogen-bond donors (Lipinski definition) is 0. The first kappa shape index (κ1) is 14.0. The van der Waals surface area contributed by atoms with E-state index in [9.17, 15) is 10.1 Å². The van der Waals surface area contributed by atoms with Crippen molar-refractivity contribution in [3.05, 3.63) is 45.2 Å². The SMILES string of the molecule is CC(C)(c1ccnc(Cl)c1[N+](=O)[O-])C1C=CCCC1. The van der Waals surface area contributed by atoms with Gasteiger partial charge in [0.15, 0.2) is 0 Å². The normalized spacial score (nSPS) is 19.4. The van der Waals surface area contributed by atoms with Gasteiger partial charge < -0.3 is 0 Å². The zero-order valence-electron chi connectivity index (χ0n) is 11.1. The summed E-state index contributed by atoms with van der Waals surface area (Å²) in [7, 11) is 0. The van der Waals surface area contributed by atoms with Gasteiger partial charge in [0.2, 0.25) is 5.15 Å². The molecule has 4 nitrogen and oxygen atoms in total. The van der Waals surface area contributed by atoms with Crippen molar-refractivity contribution in [2.75, 3.05) is 0 Å². The van der Waals surface area contributed by atoms with E-state index in [-0.39, 0.29) is 16.3 Å². The van der Waals surface area contributed by atoms with Gasteiger partial charge in [-0.2, -0.15) is 0 Å². The monoisotopic (exact) mass is 280 g/mol. The fraction of sp³-hybridized carbons (Fsp3) is 0.500. The van der Waals surface area contributed by atoms with Crippen LogP contribution in [-0.4, -0.2) is 9.91 Å². The molecule has 2 rings (SSSR count). The van der Waals surface area contributed by atoms with Crippen LogP contribution >= 0.6 is 11.6 Å². The van der Waals surface area contributed by atoms with Gasteiger partial charge in [0.05, 0.1) is 4.92 Å². The third-order valence-corrected chi connectivity index (χ3v) is 4.21. The van der Waals surface area contributed by atoms with Crippen LogP contribution in [0.15, 0.2) is 24.4 Å². The van der Waals surface area contributed by atoms with Crippen LogP contribution in [-0.2, 0) is 5.41 Å².